The van der Waals surface area contributed by atoms with E-state index in [1.54, 1.807) is 6.07 Å². The van der Waals surface area contributed by atoms with Gasteiger partial charge in [-0.3, -0.25) is 0 Å². The summed E-state index contributed by atoms with van der Waals surface area (Å²) in [5.41, 5.74) is 3.15. The van der Waals surface area contributed by atoms with Gasteiger partial charge in [-0.25, -0.2) is 4.39 Å². The van der Waals surface area contributed by atoms with Gasteiger partial charge in [0.05, 0.1) is 0 Å². The molecule has 0 aliphatic carbocycles. The van der Waals surface area contributed by atoms with Crippen LogP contribution in [0.25, 0.3) is 0 Å². The maximum Gasteiger partial charge on any atom is 0.126 e. The van der Waals surface area contributed by atoms with Crippen LogP contribution in [0.1, 0.15) is 42.6 Å². The first-order valence-electron chi connectivity index (χ1n) is 6.79. The largest absolute Gasteiger partial charge is 0.508 e. The van der Waals surface area contributed by atoms with Crippen molar-refractivity contribution in [2.75, 3.05) is 0 Å². The first kappa shape index (κ1) is 14.5. The van der Waals surface area contributed by atoms with E-state index in [2.05, 4.69) is 31.3 Å². The fourth-order valence-electron chi connectivity index (χ4n) is 2.51. The van der Waals surface area contributed by atoms with Crippen molar-refractivity contribution in [1.82, 2.24) is 5.32 Å². The summed E-state index contributed by atoms with van der Waals surface area (Å²) in [6.07, 6.45) is 0. The number of halogens is 1. The maximum absolute atomic E-state index is 13.0. The van der Waals surface area contributed by atoms with Gasteiger partial charge in [0.1, 0.15) is 11.6 Å². The van der Waals surface area contributed by atoms with E-state index < -0.39 is 5.82 Å². The molecule has 2 N–H and O–H groups in total. The number of rotatable bonds is 4. The van der Waals surface area contributed by atoms with Crippen LogP contribution >= 0.6 is 0 Å². The number of phenolic OH excluding ortho intramolecular Hbond substituents is 1. The SMILES string of the molecule is Cc1ccccc1[C@H](C)NC(C)c1ccc(F)cc1O. The van der Waals surface area contributed by atoms with Crippen LogP contribution in [-0.2, 0) is 0 Å². The van der Waals surface area contributed by atoms with Gasteiger partial charge in [-0.05, 0) is 38.0 Å². The van der Waals surface area contributed by atoms with Crippen LogP contribution in [0.4, 0.5) is 4.39 Å². The second-order valence-corrected chi connectivity index (χ2v) is 5.17. The second-order valence-electron chi connectivity index (χ2n) is 5.17. The van der Waals surface area contributed by atoms with E-state index in [1.165, 1.54) is 17.2 Å². The summed E-state index contributed by atoms with van der Waals surface area (Å²) in [5.74, 6) is -0.438. The lowest BCUT2D eigenvalue weighted by atomic mass is 10.00. The Labute approximate surface area is 119 Å². The van der Waals surface area contributed by atoms with Gasteiger partial charge in [0, 0.05) is 23.7 Å². The normalized spacial score (nSPS) is 14.0. The highest BCUT2D eigenvalue weighted by Gasteiger charge is 2.15. The van der Waals surface area contributed by atoms with Crippen LogP contribution in [0.2, 0.25) is 0 Å². The fraction of sp³-hybridized carbons (Fsp3) is 0.294. The Morgan fingerprint density at radius 2 is 1.65 bits per heavy atom. The predicted octanol–water partition coefficient (Wildman–Crippen LogP) is 4.25. The summed E-state index contributed by atoms with van der Waals surface area (Å²) in [5, 5.41) is 13.3. The first-order chi connectivity index (χ1) is 9.49. The number of phenols is 1. The van der Waals surface area contributed by atoms with Crippen molar-refractivity contribution in [3.8, 4) is 5.75 Å². The average molecular weight is 273 g/mol. The molecule has 0 saturated heterocycles. The van der Waals surface area contributed by atoms with Gasteiger partial charge in [0.25, 0.3) is 0 Å². The van der Waals surface area contributed by atoms with Crippen LogP contribution in [0.15, 0.2) is 42.5 Å². The zero-order valence-corrected chi connectivity index (χ0v) is 12.0. The van der Waals surface area contributed by atoms with Crippen molar-refractivity contribution in [3.63, 3.8) is 0 Å². The van der Waals surface area contributed by atoms with Gasteiger partial charge in [0.2, 0.25) is 0 Å². The van der Waals surface area contributed by atoms with E-state index >= 15 is 0 Å². The molecular weight excluding hydrogens is 253 g/mol. The van der Waals surface area contributed by atoms with Gasteiger partial charge in [-0.15, -0.1) is 0 Å². The fourth-order valence-corrected chi connectivity index (χ4v) is 2.51. The van der Waals surface area contributed by atoms with Gasteiger partial charge in [-0.1, -0.05) is 30.3 Å². The number of benzene rings is 2. The van der Waals surface area contributed by atoms with Crippen LogP contribution < -0.4 is 5.32 Å². The third-order valence-electron chi connectivity index (χ3n) is 3.61. The van der Waals surface area contributed by atoms with E-state index in [9.17, 15) is 9.50 Å². The highest BCUT2D eigenvalue weighted by molar-refractivity contribution is 5.35. The van der Waals surface area contributed by atoms with E-state index in [-0.39, 0.29) is 17.8 Å². The lowest BCUT2D eigenvalue weighted by molar-refractivity contribution is 0.434. The Balaban J connectivity index is 2.15. The second kappa shape index (κ2) is 6.06. The molecule has 0 radical (unpaired) electrons. The van der Waals surface area contributed by atoms with Gasteiger partial charge in [0.15, 0.2) is 0 Å². The Morgan fingerprint density at radius 3 is 2.30 bits per heavy atom. The third-order valence-corrected chi connectivity index (χ3v) is 3.61. The molecule has 0 heterocycles. The number of nitrogens with one attached hydrogen (secondary N) is 1. The first-order valence-corrected chi connectivity index (χ1v) is 6.79. The summed E-state index contributed by atoms with van der Waals surface area (Å²) < 4.78 is 13.0. The third kappa shape index (κ3) is 3.17. The number of aromatic hydroxyl groups is 1. The molecule has 1 unspecified atom stereocenters. The van der Waals surface area contributed by atoms with Crippen molar-refractivity contribution in [3.05, 3.63) is 65.0 Å². The molecule has 2 aromatic rings. The quantitative estimate of drug-likeness (QED) is 0.872. The van der Waals surface area contributed by atoms with Gasteiger partial charge in [-0.2, -0.15) is 0 Å². The molecule has 0 aliphatic heterocycles. The molecule has 3 heteroatoms. The Bertz CT molecular complexity index is 597. The molecular formula is C17H20FNO. The van der Waals surface area contributed by atoms with Crippen LogP contribution in [0, 0.1) is 12.7 Å². The topological polar surface area (TPSA) is 32.3 Å². The zero-order valence-electron chi connectivity index (χ0n) is 12.0. The molecule has 0 amide bonds. The summed E-state index contributed by atoms with van der Waals surface area (Å²) in [6.45, 7) is 6.12. The Morgan fingerprint density at radius 1 is 1.00 bits per heavy atom. The predicted molar refractivity (Wildman–Crippen MR) is 79.2 cm³/mol. The van der Waals surface area contributed by atoms with Gasteiger partial charge >= 0.3 is 0 Å². The van der Waals surface area contributed by atoms with Crippen LogP contribution in [0.3, 0.4) is 0 Å². The zero-order chi connectivity index (χ0) is 14.7. The van der Waals surface area contributed by atoms with Crippen LogP contribution in [-0.4, -0.2) is 5.11 Å². The van der Waals surface area contributed by atoms with Gasteiger partial charge < -0.3 is 10.4 Å². The smallest absolute Gasteiger partial charge is 0.126 e. The van der Waals surface area contributed by atoms with E-state index in [1.807, 2.05) is 19.1 Å². The minimum atomic E-state index is -0.426. The number of hydrogen-bond donors (Lipinski definition) is 2. The van der Waals surface area contributed by atoms with Crippen molar-refractivity contribution in [1.29, 1.82) is 0 Å². The molecule has 20 heavy (non-hydrogen) atoms. The molecule has 2 nitrogen and oxygen atoms in total. The minimum Gasteiger partial charge on any atom is -0.508 e. The van der Waals surface area contributed by atoms with Crippen molar-refractivity contribution in [2.24, 2.45) is 0 Å². The summed E-state index contributed by atoms with van der Waals surface area (Å²) in [7, 11) is 0. The lowest BCUT2D eigenvalue weighted by Gasteiger charge is -2.22. The molecule has 106 valence electrons. The standard InChI is InChI=1S/C17H20FNO/c1-11-6-4-5-7-15(11)12(2)19-13(3)16-9-8-14(18)10-17(16)20/h4-10,12-13,19-20H,1-3H3/t12-,13?/m0/s1. The molecule has 0 bridgehead atoms. The van der Waals surface area contributed by atoms with Crippen molar-refractivity contribution in [2.45, 2.75) is 32.9 Å². The summed E-state index contributed by atoms with van der Waals surface area (Å²) in [6, 6.07) is 12.4. The average Bonchev–Trinajstić information content (AvgIpc) is 2.38. The molecule has 0 fully saturated rings. The maximum atomic E-state index is 13.0. The van der Waals surface area contributed by atoms with Crippen molar-refractivity contribution >= 4 is 0 Å². The Kier molecular flexibility index (Phi) is 4.40. The molecule has 0 saturated carbocycles. The number of aryl methyl sites for hydroxylation is 1. The molecule has 2 atom stereocenters. The number of hydrogen-bond acceptors (Lipinski definition) is 2. The molecule has 0 aliphatic rings. The summed E-state index contributed by atoms with van der Waals surface area (Å²) >= 11 is 0. The molecule has 0 aromatic heterocycles. The lowest BCUT2D eigenvalue weighted by Crippen LogP contribution is -2.23. The molecule has 2 rings (SSSR count). The van der Waals surface area contributed by atoms with E-state index in [4.69, 9.17) is 0 Å². The summed E-state index contributed by atoms with van der Waals surface area (Å²) in [4.78, 5) is 0. The monoisotopic (exact) mass is 273 g/mol. The highest BCUT2D eigenvalue weighted by Crippen LogP contribution is 2.27. The molecule has 0 spiro atoms. The van der Waals surface area contributed by atoms with E-state index in [0.717, 1.165) is 6.07 Å². The molecule has 2 aromatic carbocycles. The van der Waals surface area contributed by atoms with Crippen molar-refractivity contribution < 1.29 is 9.50 Å². The van der Waals surface area contributed by atoms with E-state index in [0.29, 0.717) is 5.56 Å². The minimum absolute atomic E-state index is 0.0121. The highest BCUT2D eigenvalue weighted by atomic mass is 19.1. The van der Waals surface area contributed by atoms with Crippen LogP contribution in [0.5, 0.6) is 5.75 Å². The Hall–Kier alpha value is -1.87.